The first kappa shape index (κ1) is 50.0. The Morgan fingerprint density at radius 3 is 1.52 bits per heavy atom. The quantitative estimate of drug-likeness (QED) is 0.121. The van der Waals surface area contributed by atoms with E-state index in [1.54, 1.807) is 22.1 Å². The van der Waals surface area contributed by atoms with E-state index in [-0.39, 0.29) is 30.8 Å². The molecule has 2 amide bonds. The Labute approximate surface area is 370 Å². The summed E-state index contributed by atoms with van der Waals surface area (Å²) >= 11 is 21.5. The van der Waals surface area contributed by atoms with E-state index in [0.717, 1.165) is 0 Å². The molecular weight excluding hydrogens is 896 g/mol. The van der Waals surface area contributed by atoms with Gasteiger partial charge < -0.3 is 75.9 Å². The van der Waals surface area contributed by atoms with Crippen LogP contribution in [0.5, 0.6) is 0 Å². The number of aliphatic hydroxyl groups is 6. The molecule has 0 bridgehead atoms. The van der Waals surface area contributed by atoms with Gasteiger partial charge in [0.2, 0.25) is 0 Å². The molecule has 24 heteroatoms. The Bertz CT molecular complexity index is 1750. The fourth-order valence-electron chi connectivity index (χ4n) is 6.89. The number of nitrogens with one attached hydrogen (secondary N) is 2. The minimum Gasteiger partial charge on any atom is -0.393 e. The van der Waals surface area contributed by atoms with Gasteiger partial charge in [0.1, 0.15) is 75.1 Å². The molecule has 6 aliphatic heterocycles. The second-order valence-corrected chi connectivity index (χ2v) is 17.5. The molecule has 6 heterocycles. The molecule has 3 fully saturated rings. The lowest BCUT2D eigenvalue weighted by Crippen LogP contribution is -2.52. The van der Waals surface area contributed by atoms with Crippen LogP contribution in [0, 0.1) is 0 Å². The number of hydrogen-bond acceptors (Lipinski definition) is 18. The van der Waals surface area contributed by atoms with E-state index < -0.39 is 82.7 Å². The van der Waals surface area contributed by atoms with Crippen molar-refractivity contribution in [3.63, 3.8) is 0 Å². The van der Waals surface area contributed by atoms with Crippen molar-refractivity contribution in [3.8, 4) is 0 Å². The van der Waals surface area contributed by atoms with E-state index in [1.807, 2.05) is 12.5 Å². The summed E-state index contributed by atoms with van der Waals surface area (Å²) in [5.41, 5.74) is 1.58. The van der Waals surface area contributed by atoms with Crippen LogP contribution in [0.2, 0.25) is 0 Å². The van der Waals surface area contributed by atoms with E-state index in [2.05, 4.69) is 35.4 Å². The molecular formula is C36H51Cl3FN7O11S2. The maximum absolute atomic E-state index is 13.8. The van der Waals surface area contributed by atoms with Gasteiger partial charge in [0.05, 0.1) is 19.8 Å². The zero-order valence-electron chi connectivity index (χ0n) is 32.8. The van der Waals surface area contributed by atoms with Crippen molar-refractivity contribution < 1.29 is 58.8 Å². The first-order valence-corrected chi connectivity index (χ1v) is 22.2. The summed E-state index contributed by atoms with van der Waals surface area (Å²) in [5.74, 6) is 1.43. The van der Waals surface area contributed by atoms with Gasteiger partial charge in [-0.25, -0.2) is 9.38 Å². The monoisotopic (exact) mass is 945 g/mol. The van der Waals surface area contributed by atoms with Crippen LogP contribution in [-0.4, -0.2) is 183 Å². The maximum Gasteiger partial charge on any atom is 0.250 e. The summed E-state index contributed by atoms with van der Waals surface area (Å²) in [6.07, 6.45) is 5.02. The van der Waals surface area contributed by atoms with E-state index in [4.69, 9.17) is 54.7 Å². The topological polar surface area (TPSA) is 255 Å². The lowest BCUT2D eigenvalue weighted by atomic mass is 9.93. The van der Waals surface area contributed by atoms with Crippen LogP contribution in [0.25, 0.3) is 0 Å². The molecule has 13 atom stereocenters. The van der Waals surface area contributed by atoms with Gasteiger partial charge in [-0.3, -0.25) is 9.59 Å². The van der Waals surface area contributed by atoms with Crippen LogP contribution in [0.1, 0.15) is 6.92 Å². The molecule has 0 aromatic rings. The lowest BCUT2D eigenvalue weighted by Gasteiger charge is -2.34. The molecule has 1 unspecified atom stereocenters. The van der Waals surface area contributed by atoms with Crippen LogP contribution in [0.3, 0.4) is 0 Å². The Morgan fingerprint density at radius 1 is 0.767 bits per heavy atom. The fourth-order valence-corrected chi connectivity index (χ4v) is 9.72. The summed E-state index contributed by atoms with van der Waals surface area (Å²) in [5, 5.41) is 61.7. The number of halogens is 4. The highest BCUT2D eigenvalue weighted by molar-refractivity contribution is 7.98. The number of thioether (sulfide) groups is 2. The number of nitrogens with zero attached hydrogens (tertiary/aromatic N) is 4. The number of carbonyl (C=O) groups is 2. The van der Waals surface area contributed by atoms with Gasteiger partial charge in [-0.15, -0.1) is 34.8 Å². The first-order chi connectivity index (χ1) is 28.2. The van der Waals surface area contributed by atoms with Crippen molar-refractivity contribution in [1.29, 1.82) is 0 Å². The number of nitrogens with two attached hydrogens (primary N) is 1. The average molecular weight is 947 g/mol. The van der Waals surface area contributed by atoms with Crippen LogP contribution >= 0.6 is 58.3 Å². The van der Waals surface area contributed by atoms with Crippen LogP contribution in [0.15, 0.2) is 79.0 Å². The molecule has 0 aromatic carbocycles. The zero-order valence-corrected chi connectivity index (χ0v) is 36.7. The summed E-state index contributed by atoms with van der Waals surface area (Å²) in [7, 11) is 0. The standard InChI is InChI=1S/C12H16ClFN2O4.C12H18ClN3O3S.C12H17ClN2O4S/c1-6(14)12(5-17)10(19)9(13)11(20-12)16-4-3-8(18)15-7(16)2;1-7-15-8(14)3-4-16(7)11-9(13)10(18)12(5-17,19-11)6-20-2;1-7-14-8(17)3-4-15(7)11-9(13)10(18)12(5-16,19-11)6-20-2/h3-4,6,9-11,17,19H,2,5H2,1H3,(H,15,18);3-4,9-11,17-18H,1,5-6H2,2H3,(H2,14,15);3-4,9-11,16,18H,1,5-6H2,2H3,(H,14,17)/t6?,9-,10+,11-,12+;2*9-,10+,11-,12+/m111/s1. The van der Waals surface area contributed by atoms with Crippen molar-refractivity contribution >= 4 is 76.0 Å². The van der Waals surface area contributed by atoms with Gasteiger partial charge >= 0.3 is 0 Å². The van der Waals surface area contributed by atoms with Crippen molar-refractivity contribution in [2.24, 2.45) is 10.7 Å². The van der Waals surface area contributed by atoms with Gasteiger partial charge in [-0.2, -0.15) is 23.5 Å². The predicted octanol–water partition coefficient (Wildman–Crippen LogP) is -0.299. The Morgan fingerprint density at radius 2 is 1.17 bits per heavy atom. The van der Waals surface area contributed by atoms with Gasteiger partial charge in [-0.05, 0) is 25.5 Å². The summed E-state index contributed by atoms with van der Waals surface area (Å²) in [6, 6.07) is 0. The Balaban J connectivity index is 0.000000198. The molecule has 0 radical (unpaired) electrons. The van der Waals surface area contributed by atoms with Crippen molar-refractivity contribution in [2.45, 2.75) is 83.0 Å². The lowest BCUT2D eigenvalue weighted by molar-refractivity contribution is -0.165. The fraction of sp³-hybridized carbons (Fsp3) is 0.583. The number of aliphatic hydroxyl groups excluding tert-OH is 6. The minimum absolute atomic E-state index is 0.195. The highest BCUT2D eigenvalue weighted by Gasteiger charge is 2.59. The van der Waals surface area contributed by atoms with Gasteiger partial charge in [0.25, 0.3) is 11.8 Å². The number of ether oxygens (including phenoxy) is 3. The second-order valence-electron chi connectivity index (χ2n) is 14.2. The Hall–Kier alpha value is -2.61. The molecule has 0 aliphatic carbocycles. The highest BCUT2D eigenvalue weighted by Crippen LogP contribution is 2.42. The van der Waals surface area contributed by atoms with Crippen LogP contribution in [0.4, 0.5) is 4.39 Å². The van der Waals surface area contributed by atoms with E-state index >= 15 is 0 Å². The van der Waals surface area contributed by atoms with Crippen molar-refractivity contribution in [2.75, 3.05) is 43.8 Å². The van der Waals surface area contributed by atoms with Gasteiger partial charge in [0.15, 0.2) is 24.3 Å². The van der Waals surface area contributed by atoms with Gasteiger partial charge in [0, 0.05) is 42.3 Å². The number of aliphatic imine (C=N–C) groups is 1. The highest BCUT2D eigenvalue weighted by atomic mass is 35.5. The third kappa shape index (κ3) is 9.94. The van der Waals surface area contributed by atoms with E-state index in [0.29, 0.717) is 29.0 Å². The third-order valence-electron chi connectivity index (χ3n) is 10.3. The molecule has 0 aromatic heterocycles. The molecule has 60 heavy (non-hydrogen) atoms. The number of amides is 2. The normalized spacial score (nSPS) is 38.0. The maximum atomic E-state index is 13.8. The molecule has 336 valence electrons. The Kier molecular flexibility index (Phi) is 17.3. The van der Waals surface area contributed by atoms with E-state index in [1.165, 1.54) is 59.9 Å². The van der Waals surface area contributed by atoms with Crippen LogP contribution < -0.4 is 16.4 Å². The zero-order chi connectivity index (χ0) is 44.9. The van der Waals surface area contributed by atoms with E-state index in [9.17, 15) is 44.6 Å². The van der Waals surface area contributed by atoms with Crippen molar-refractivity contribution in [1.82, 2.24) is 25.3 Å². The first-order valence-electron chi connectivity index (χ1n) is 18.1. The minimum atomic E-state index is -1.80. The SMILES string of the molecule is C=C1N=C(N)C=CN1[C@@H]1O[C@@](CO)(CSC)[C@@H](O)[C@H]1Cl.C=C1NC(=O)C=CN1[C@@H]1O[C@@](CO)(C(C)F)[C@@H](O)[C@H]1Cl.C=C1NC(=O)C=CN1[C@@H]1O[C@@](CO)(CSC)[C@@H](O)[C@H]1Cl. The summed E-state index contributed by atoms with van der Waals surface area (Å²) < 4.78 is 30.9. The largest absolute Gasteiger partial charge is 0.393 e. The number of rotatable bonds is 11. The van der Waals surface area contributed by atoms with Crippen LogP contribution in [-0.2, 0) is 23.8 Å². The number of hydrogen-bond donors (Lipinski definition) is 9. The molecule has 6 aliphatic rings. The summed E-state index contributed by atoms with van der Waals surface area (Å²) in [6.45, 7) is 10.9. The number of amidine groups is 1. The number of alkyl halides is 4. The molecule has 0 spiro atoms. The second kappa shape index (κ2) is 20.7. The third-order valence-corrected chi connectivity index (χ3v) is 13.2. The summed E-state index contributed by atoms with van der Waals surface area (Å²) in [4.78, 5) is 30.9. The molecule has 10 N–H and O–H groups in total. The molecule has 18 nitrogen and oxygen atoms in total. The predicted molar refractivity (Wildman–Crippen MR) is 227 cm³/mol. The molecule has 3 saturated heterocycles. The van der Waals surface area contributed by atoms with Crippen molar-refractivity contribution in [3.05, 3.63) is 74.0 Å². The van der Waals surface area contributed by atoms with Gasteiger partial charge in [-0.1, -0.05) is 19.7 Å². The molecule has 6 rings (SSSR count). The molecule has 0 saturated carbocycles. The smallest absolute Gasteiger partial charge is 0.250 e. The number of carbonyl (C=O) groups excluding carboxylic acids is 2. The average Bonchev–Trinajstić information content (AvgIpc) is 3.72.